The number of methoxy groups -OCH3 is 1. The molecule has 2 N–H and O–H groups in total. The minimum Gasteiger partial charge on any atom is -0.493 e. The van der Waals surface area contributed by atoms with Gasteiger partial charge in [0.05, 0.1) is 29.3 Å². The van der Waals surface area contributed by atoms with Gasteiger partial charge < -0.3 is 14.6 Å². The Morgan fingerprint density at radius 2 is 2.10 bits per heavy atom. The summed E-state index contributed by atoms with van der Waals surface area (Å²) in [6.45, 7) is 1.41. The summed E-state index contributed by atoms with van der Waals surface area (Å²) in [6, 6.07) is 12.8. The van der Waals surface area contributed by atoms with Crippen molar-refractivity contribution in [1.29, 1.82) is 0 Å². The van der Waals surface area contributed by atoms with E-state index < -0.39 is 12.1 Å². The van der Waals surface area contributed by atoms with Crippen molar-refractivity contribution in [2.24, 2.45) is 5.10 Å². The molecule has 30 heavy (non-hydrogen) atoms. The molecule has 2 aromatic carbocycles. The largest absolute Gasteiger partial charge is 0.493 e. The lowest BCUT2D eigenvalue weighted by molar-refractivity contribution is -0.144. The number of aromatic nitrogens is 1. The first-order chi connectivity index (χ1) is 14.5. The molecular weight excluding hydrogens is 426 g/mol. The van der Waals surface area contributed by atoms with Crippen LogP contribution in [0.4, 0.5) is 0 Å². The molecule has 0 radical (unpaired) electrons. The summed E-state index contributed by atoms with van der Waals surface area (Å²) < 4.78 is 12.6. The second-order valence-electron chi connectivity index (χ2n) is 6.01. The Balaban J connectivity index is 1.61. The number of benzene rings is 2. The van der Waals surface area contributed by atoms with E-state index in [2.05, 4.69) is 15.5 Å². The maximum atomic E-state index is 12.1. The Hall–Kier alpha value is -3.11. The summed E-state index contributed by atoms with van der Waals surface area (Å²) >= 11 is 2.86. The van der Waals surface area contributed by atoms with Crippen LogP contribution in [0.1, 0.15) is 12.5 Å². The molecule has 1 atom stereocenters. The van der Waals surface area contributed by atoms with Crippen molar-refractivity contribution >= 4 is 51.4 Å². The first kappa shape index (κ1) is 21.6. The van der Waals surface area contributed by atoms with Crippen LogP contribution >= 0.6 is 23.1 Å². The van der Waals surface area contributed by atoms with Gasteiger partial charge in [-0.3, -0.25) is 4.79 Å². The maximum Gasteiger partial charge on any atom is 0.344 e. The third-order valence-electron chi connectivity index (χ3n) is 3.87. The highest BCUT2D eigenvalue weighted by Crippen LogP contribution is 2.31. The van der Waals surface area contributed by atoms with E-state index in [9.17, 15) is 9.59 Å². The highest BCUT2D eigenvalue weighted by molar-refractivity contribution is 8.01. The summed E-state index contributed by atoms with van der Waals surface area (Å²) in [5.74, 6) is -0.639. The molecule has 156 valence electrons. The number of para-hydroxylation sites is 2. The van der Waals surface area contributed by atoms with Gasteiger partial charge in [0.2, 0.25) is 0 Å². The zero-order chi connectivity index (χ0) is 21.5. The molecule has 0 saturated carbocycles. The standard InChI is InChI=1S/C20H19N3O5S2/c1-12(19(25)26)28-18-13(6-5-8-15(18)27-2)10-21-23-17(24)11-29-20-22-14-7-3-4-9-16(14)30-20/h3-10,12H,11H2,1-2H3,(H,23,24)(H,25,26)/b21-10+/t12-/m1/s1. The molecule has 1 aromatic heterocycles. The van der Waals surface area contributed by atoms with Crippen molar-refractivity contribution in [3.05, 3.63) is 48.0 Å². The molecule has 0 aliphatic rings. The molecule has 0 saturated heterocycles. The van der Waals surface area contributed by atoms with Crippen molar-refractivity contribution in [3.8, 4) is 11.5 Å². The molecule has 0 fully saturated rings. The summed E-state index contributed by atoms with van der Waals surface area (Å²) in [6.07, 6.45) is 0.306. The monoisotopic (exact) mass is 445 g/mol. The second-order valence-corrected chi connectivity index (χ2v) is 8.26. The van der Waals surface area contributed by atoms with Crippen LogP contribution in [0, 0.1) is 0 Å². The molecule has 1 heterocycles. The van der Waals surface area contributed by atoms with E-state index in [0.29, 0.717) is 11.3 Å². The van der Waals surface area contributed by atoms with Crippen LogP contribution in [0.15, 0.2) is 51.9 Å². The van der Waals surface area contributed by atoms with Crippen LogP contribution in [0.2, 0.25) is 0 Å². The van der Waals surface area contributed by atoms with E-state index in [1.54, 1.807) is 18.2 Å². The number of hydrogen-bond acceptors (Lipinski definition) is 8. The number of thioether (sulfide) groups is 1. The average molecular weight is 446 g/mol. The first-order valence-electron chi connectivity index (χ1n) is 8.84. The van der Waals surface area contributed by atoms with E-state index in [4.69, 9.17) is 14.6 Å². The van der Waals surface area contributed by atoms with E-state index in [1.807, 2.05) is 24.3 Å². The predicted molar refractivity (Wildman–Crippen MR) is 117 cm³/mol. The van der Waals surface area contributed by atoms with E-state index >= 15 is 0 Å². The minimum atomic E-state index is -1.11. The molecule has 3 aromatic rings. The quantitative estimate of drug-likeness (QED) is 0.295. The van der Waals surface area contributed by atoms with Crippen molar-refractivity contribution in [1.82, 2.24) is 10.4 Å². The highest BCUT2D eigenvalue weighted by Gasteiger charge is 2.18. The van der Waals surface area contributed by atoms with E-state index in [0.717, 1.165) is 14.6 Å². The van der Waals surface area contributed by atoms with Crippen molar-refractivity contribution in [2.75, 3.05) is 12.9 Å². The second kappa shape index (κ2) is 10.1. The van der Waals surface area contributed by atoms with Gasteiger partial charge in [-0.15, -0.1) is 11.3 Å². The van der Waals surface area contributed by atoms with Gasteiger partial charge in [0.25, 0.3) is 5.91 Å². The smallest absolute Gasteiger partial charge is 0.344 e. The number of amides is 1. The molecule has 8 nitrogen and oxygen atoms in total. The highest BCUT2D eigenvalue weighted by atomic mass is 32.2. The van der Waals surface area contributed by atoms with Gasteiger partial charge in [0.1, 0.15) is 0 Å². The number of fused-ring (bicyclic) bond motifs is 1. The Bertz CT molecular complexity index is 1050. The number of nitrogens with zero attached hydrogens (tertiary/aromatic N) is 2. The maximum absolute atomic E-state index is 12.1. The van der Waals surface area contributed by atoms with Gasteiger partial charge in [-0.05, 0) is 31.2 Å². The Morgan fingerprint density at radius 1 is 1.30 bits per heavy atom. The van der Waals surface area contributed by atoms with Gasteiger partial charge in [0.15, 0.2) is 21.9 Å². The number of carbonyl (C=O) groups excluding carboxylic acids is 1. The van der Waals surface area contributed by atoms with Gasteiger partial charge in [-0.25, -0.2) is 15.2 Å². The number of carboxylic acid groups (broad SMARTS) is 1. The van der Waals surface area contributed by atoms with E-state index in [-0.39, 0.29) is 17.4 Å². The zero-order valence-electron chi connectivity index (χ0n) is 16.2. The summed E-state index contributed by atoms with van der Waals surface area (Å²) in [7, 11) is 1.45. The Labute approximate surface area is 180 Å². The molecule has 1 amide bonds. The van der Waals surface area contributed by atoms with Gasteiger partial charge >= 0.3 is 5.97 Å². The SMILES string of the molecule is COc1cccc(/C=N/NC(=O)CSc2nc3ccccc3s2)c1O[C@H](C)C(=O)O. The summed E-state index contributed by atoms with van der Waals surface area (Å²) in [5, 5.41) is 13.0. The lowest BCUT2D eigenvalue weighted by Gasteiger charge is -2.15. The van der Waals surface area contributed by atoms with Crippen molar-refractivity contribution < 1.29 is 24.2 Å². The fraction of sp³-hybridized carbons (Fsp3) is 0.200. The Kier molecular flexibility index (Phi) is 7.26. The van der Waals surface area contributed by atoms with Crippen LogP contribution in [0.25, 0.3) is 10.2 Å². The van der Waals surface area contributed by atoms with Crippen LogP contribution < -0.4 is 14.9 Å². The fourth-order valence-electron chi connectivity index (χ4n) is 2.39. The number of carboxylic acids is 1. The number of ether oxygens (including phenoxy) is 2. The molecule has 0 aliphatic carbocycles. The third-order valence-corrected chi connectivity index (χ3v) is 6.04. The molecule has 10 heteroatoms. The van der Waals surface area contributed by atoms with E-state index in [1.165, 1.54) is 43.3 Å². The summed E-state index contributed by atoms with van der Waals surface area (Å²) in [4.78, 5) is 27.7. The minimum absolute atomic E-state index is 0.161. The number of rotatable bonds is 9. The van der Waals surface area contributed by atoms with Crippen molar-refractivity contribution in [2.45, 2.75) is 17.4 Å². The Morgan fingerprint density at radius 3 is 2.83 bits per heavy atom. The normalized spacial score (nSPS) is 12.1. The topological polar surface area (TPSA) is 110 Å². The fourth-order valence-corrected chi connectivity index (χ4v) is 4.26. The average Bonchev–Trinajstić information content (AvgIpc) is 3.16. The van der Waals surface area contributed by atoms with Crippen LogP contribution in [0.3, 0.4) is 0 Å². The van der Waals surface area contributed by atoms with Crippen molar-refractivity contribution in [3.63, 3.8) is 0 Å². The van der Waals surface area contributed by atoms with Gasteiger partial charge in [0, 0.05) is 5.56 Å². The predicted octanol–water partition coefficient (Wildman–Crippen LogP) is 3.40. The van der Waals surface area contributed by atoms with Crippen LogP contribution in [-0.4, -0.2) is 47.1 Å². The van der Waals surface area contributed by atoms with Crippen LogP contribution in [0.5, 0.6) is 11.5 Å². The molecule has 3 rings (SSSR count). The number of carbonyl (C=O) groups is 2. The molecule has 0 unspecified atom stereocenters. The lowest BCUT2D eigenvalue weighted by Crippen LogP contribution is -2.24. The van der Waals surface area contributed by atoms with Crippen LogP contribution in [-0.2, 0) is 9.59 Å². The third kappa shape index (κ3) is 5.49. The number of nitrogens with one attached hydrogen (secondary N) is 1. The van der Waals surface area contributed by atoms with Gasteiger partial charge in [-0.2, -0.15) is 5.10 Å². The number of hydrazone groups is 1. The molecule has 0 spiro atoms. The zero-order valence-corrected chi connectivity index (χ0v) is 17.8. The first-order valence-corrected chi connectivity index (χ1v) is 10.6. The van der Waals surface area contributed by atoms with Gasteiger partial charge in [-0.1, -0.05) is 30.0 Å². The summed E-state index contributed by atoms with van der Waals surface area (Å²) in [5.41, 5.74) is 3.83. The number of hydrogen-bond donors (Lipinski definition) is 2. The number of aliphatic carboxylic acids is 1. The molecule has 0 bridgehead atoms. The lowest BCUT2D eigenvalue weighted by atomic mass is 10.2. The molecular formula is C20H19N3O5S2. The molecule has 0 aliphatic heterocycles. The number of thiazole rings is 1.